The second-order valence-corrected chi connectivity index (χ2v) is 11.7. The molecule has 0 bridgehead atoms. The van der Waals surface area contributed by atoms with Crippen molar-refractivity contribution < 1.29 is 31.2 Å². The highest BCUT2D eigenvalue weighted by molar-refractivity contribution is 7.92. The molecule has 0 saturated carbocycles. The van der Waals surface area contributed by atoms with Gasteiger partial charge in [-0.05, 0) is 65.8 Å². The molecule has 2 aromatic carbocycles. The van der Waals surface area contributed by atoms with Crippen LogP contribution in [0.4, 0.5) is 13.2 Å². The Balaban J connectivity index is 1.41. The Morgan fingerprint density at radius 1 is 1.07 bits per heavy atom. The van der Waals surface area contributed by atoms with Gasteiger partial charge in [0.1, 0.15) is 0 Å². The molecule has 2 amide bonds. The molecule has 1 aliphatic rings. The topological polar surface area (TPSA) is 111 Å². The lowest BCUT2D eigenvalue weighted by molar-refractivity contribution is -0.137. The number of aromatic amines is 1. The third kappa shape index (κ3) is 8.08. The van der Waals surface area contributed by atoms with Crippen molar-refractivity contribution in [2.75, 3.05) is 19.6 Å². The Morgan fingerprint density at radius 2 is 1.78 bits per heavy atom. The number of hydrogen-bond donors (Lipinski definition) is 3. The number of carbonyl (C=O) groups is 2. The van der Waals surface area contributed by atoms with E-state index in [0.717, 1.165) is 23.1 Å². The molecule has 1 saturated heterocycles. The standard InChI is InChI=1S/C29H31F3N4O4S/c1-2-41(39,40)35-18-22-12-14-36(19-22)28(38)24-7-5-23(6-8-24)26(15-21-11-13-33-16-21)27(37)34-17-20-3-9-25(10-4-20)29(30,31)32/h2-11,13,16,22,26,33,35H,1,12,14-15,17-19H2,(H,34,37). The maximum atomic E-state index is 13.3. The highest BCUT2D eigenvalue weighted by Gasteiger charge is 2.30. The summed E-state index contributed by atoms with van der Waals surface area (Å²) in [4.78, 5) is 31.0. The summed E-state index contributed by atoms with van der Waals surface area (Å²) in [6.45, 7) is 4.48. The minimum absolute atomic E-state index is 0.00737. The van der Waals surface area contributed by atoms with Gasteiger partial charge in [0.25, 0.3) is 5.91 Å². The van der Waals surface area contributed by atoms with Crippen LogP contribution in [-0.2, 0) is 34.0 Å². The van der Waals surface area contributed by atoms with Crippen molar-refractivity contribution in [3.8, 4) is 0 Å². The maximum Gasteiger partial charge on any atom is 0.416 e. The number of H-pyrrole nitrogens is 1. The van der Waals surface area contributed by atoms with E-state index in [4.69, 9.17) is 0 Å². The van der Waals surface area contributed by atoms with Gasteiger partial charge in [0, 0.05) is 49.5 Å². The minimum Gasteiger partial charge on any atom is -0.367 e. The number of likely N-dealkylation sites (tertiary alicyclic amines) is 1. The Kier molecular flexibility index (Phi) is 9.34. The molecule has 2 unspecified atom stereocenters. The van der Waals surface area contributed by atoms with Crippen LogP contribution in [0.25, 0.3) is 0 Å². The van der Waals surface area contributed by atoms with Crippen LogP contribution < -0.4 is 10.0 Å². The minimum atomic E-state index is -4.43. The average Bonchev–Trinajstić information content (AvgIpc) is 3.66. The zero-order valence-electron chi connectivity index (χ0n) is 22.2. The van der Waals surface area contributed by atoms with Crippen LogP contribution in [0.5, 0.6) is 0 Å². The Morgan fingerprint density at radius 3 is 2.39 bits per heavy atom. The van der Waals surface area contributed by atoms with Gasteiger partial charge in [-0.2, -0.15) is 13.2 Å². The van der Waals surface area contributed by atoms with Gasteiger partial charge in [0.05, 0.1) is 11.5 Å². The average molecular weight is 589 g/mol. The summed E-state index contributed by atoms with van der Waals surface area (Å²) < 4.78 is 64.2. The third-order valence-electron chi connectivity index (χ3n) is 7.09. The summed E-state index contributed by atoms with van der Waals surface area (Å²) in [6, 6.07) is 13.3. The summed E-state index contributed by atoms with van der Waals surface area (Å²) >= 11 is 0. The van der Waals surface area contributed by atoms with Crippen molar-refractivity contribution in [3.05, 3.63) is 107 Å². The first kappa shape index (κ1) is 30.1. The molecule has 0 radical (unpaired) electrons. The zero-order chi connectivity index (χ0) is 29.6. The first-order chi connectivity index (χ1) is 19.4. The summed E-state index contributed by atoms with van der Waals surface area (Å²) in [5, 5.41) is 3.67. The van der Waals surface area contributed by atoms with Gasteiger partial charge >= 0.3 is 6.18 Å². The Bertz CT molecular complexity index is 1460. The van der Waals surface area contributed by atoms with Crippen molar-refractivity contribution in [1.82, 2.24) is 19.9 Å². The van der Waals surface area contributed by atoms with E-state index in [1.807, 2.05) is 6.07 Å². The van der Waals surface area contributed by atoms with Gasteiger partial charge in [-0.3, -0.25) is 9.59 Å². The first-order valence-corrected chi connectivity index (χ1v) is 14.6. The van der Waals surface area contributed by atoms with Crippen molar-refractivity contribution in [3.63, 3.8) is 0 Å². The highest BCUT2D eigenvalue weighted by Crippen LogP contribution is 2.29. The lowest BCUT2D eigenvalue weighted by Gasteiger charge is -2.19. The lowest BCUT2D eigenvalue weighted by atomic mass is 9.91. The van der Waals surface area contributed by atoms with E-state index in [-0.39, 0.29) is 30.8 Å². The molecule has 2 heterocycles. The zero-order valence-corrected chi connectivity index (χ0v) is 23.0. The monoisotopic (exact) mass is 588 g/mol. The van der Waals surface area contributed by atoms with Gasteiger partial charge in [0.15, 0.2) is 0 Å². The van der Waals surface area contributed by atoms with Crippen LogP contribution >= 0.6 is 0 Å². The molecular formula is C29H31F3N4O4S. The predicted octanol–water partition coefficient (Wildman–Crippen LogP) is 4.20. The first-order valence-electron chi connectivity index (χ1n) is 13.0. The predicted molar refractivity (Wildman–Crippen MR) is 148 cm³/mol. The van der Waals surface area contributed by atoms with Crippen LogP contribution in [-0.4, -0.2) is 49.8 Å². The number of amides is 2. The number of rotatable bonds is 11. The summed E-state index contributed by atoms with van der Waals surface area (Å²) in [7, 11) is -3.53. The van der Waals surface area contributed by atoms with E-state index < -0.39 is 27.7 Å². The SMILES string of the molecule is C=CS(=O)(=O)NCC1CCN(C(=O)c2ccc(C(Cc3cc[nH]c3)C(=O)NCc3ccc(C(F)(F)F)cc3)cc2)C1. The van der Waals surface area contributed by atoms with Crippen LogP contribution in [0.15, 0.2) is 79.0 Å². The van der Waals surface area contributed by atoms with E-state index >= 15 is 0 Å². The van der Waals surface area contributed by atoms with Gasteiger partial charge in [0.2, 0.25) is 15.9 Å². The lowest BCUT2D eigenvalue weighted by Crippen LogP contribution is -2.32. The number of aromatic nitrogens is 1. The van der Waals surface area contributed by atoms with E-state index in [2.05, 4.69) is 21.6 Å². The second-order valence-electron chi connectivity index (χ2n) is 9.98. The second kappa shape index (κ2) is 12.7. The number of halogens is 3. The number of nitrogens with zero attached hydrogens (tertiary/aromatic N) is 1. The van der Waals surface area contributed by atoms with Crippen LogP contribution in [0, 0.1) is 5.92 Å². The number of alkyl halides is 3. The Hall–Kier alpha value is -3.90. The van der Waals surface area contributed by atoms with E-state index in [1.165, 1.54) is 12.1 Å². The van der Waals surface area contributed by atoms with Crippen molar-refractivity contribution in [1.29, 1.82) is 0 Å². The molecule has 12 heteroatoms. The Labute approximate surface area is 236 Å². The van der Waals surface area contributed by atoms with Crippen LogP contribution in [0.1, 0.15) is 45.0 Å². The molecule has 0 aliphatic carbocycles. The molecule has 2 atom stereocenters. The van der Waals surface area contributed by atoms with Gasteiger partial charge in [-0.1, -0.05) is 30.8 Å². The van der Waals surface area contributed by atoms with Crippen molar-refractivity contribution in [2.24, 2.45) is 5.92 Å². The molecule has 1 aromatic heterocycles. The molecule has 3 aromatic rings. The molecule has 1 aliphatic heterocycles. The summed E-state index contributed by atoms with van der Waals surface area (Å²) in [5.41, 5.74) is 1.82. The summed E-state index contributed by atoms with van der Waals surface area (Å²) in [6.07, 6.45) is 0.150. The van der Waals surface area contributed by atoms with Gasteiger partial charge in [-0.15, -0.1) is 0 Å². The fourth-order valence-electron chi connectivity index (χ4n) is 4.72. The molecule has 1 fully saturated rings. The maximum absolute atomic E-state index is 13.3. The molecule has 4 rings (SSSR count). The smallest absolute Gasteiger partial charge is 0.367 e. The van der Waals surface area contributed by atoms with Crippen LogP contribution in [0.2, 0.25) is 0 Å². The van der Waals surface area contributed by atoms with Gasteiger partial charge in [-0.25, -0.2) is 13.1 Å². The van der Waals surface area contributed by atoms with E-state index in [1.54, 1.807) is 41.6 Å². The quantitative estimate of drug-likeness (QED) is 0.312. The molecule has 41 heavy (non-hydrogen) atoms. The molecule has 0 spiro atoms. The normalized spacial score (nSPS) is 16.4. The van der Waals surface area contributed by atoms with Crippen molar-refractivity contribution >= 4 is 21.8 Å². The fraction of sp³-hybridized carbons (Fsp3) is 0.310. The third-order valence-corrected chi connectivity index (χ3v) is 8.10. The molecule has 8 nitrogen and oxygen atoms in total. The van der Waals surface area contributed by atoms with E-state index in [0.29, 0.717) is 42.6 Å². The number of nitrogens with one attached hydrogen (secondary N) is 3. The van der Waals surface area contributed by atoms with Crippen LogP contribution in [0.3, 0.4) is 0 Å². The van der Waals surface area contributed by atoms with Crippen molar-refractivity contribution in [2.45, 2.75) is 31.5 Å². The number of sulfonamides is 1. The largest absolute Gasteiger partial charge is 0.416 e. The molecular weight excluding hydrogens is 557 g/mol. The van der Waals surface area contributed by atoms with Gasteiger partial charge < -0.3 is 15.2 Å². The van der Waals surface area contributed by atoms with E-state index in [9.17, 15) is 31.2 Å². The fourth-order valence-corrected chi connectivity index (χ4v) is 5.31. The summed E-state index contributed by atoms with van der Waals surface area (Å²) in [5.74, 6) is -1.08. The molecule has 3 N–H and O–H groups in total. The number of hydrogen-bond acceptors (Lipinski definition) is 4. The number of benzene rings is 2. The number of carbonyl (C=O) groups excluding carboxylic acids is 2. The molecule has 218 valence electrons. The highest BCUT2D eigenvalue weighted by atomic mass is 32.2.